The fourth-order valence-electron chi connectivity index (χ4n) is 2.75. The predicted octanol–water partition coefficient (Wildman–Crippen LogP) is -0.450. The van der Waals surface area contributed by atoms with Crippen molar-refractivity contribution >= 4 is 29.7 Å². The van der Waals surface area contributed by atoms with Gasteiger partial charge in [-0.2, -0.15) is 0 Å². The number of nitrogens with two attached hydrogens (primary N) is 1. The molecule has 0 radical (unpaired) electrons. The smallest absolute Gasteiger partial charge is 0.397 e. The van der Waals surface area contributed by atoms with Crippen molar-refractivity contribution in [2.45, 2.75) is 45.4 Å². The van der Waals surface area contributed by atoms with E-state index in [-0.39, 0.29) is 25.5 Å². The highest BCUT2D eigenvalue weighted by Crippen LogP contribution is 2.06. The number of urea groups is 1. The van der Waals surface area contributed by atoms with E-state index in [2.05, 4.69) is 21.3 Å². The standard InChI is InChI=1S/C21H31N5O6/c1-13(2)16(26-19(29)20(30)32-12-14-8-5-4-6-9-14)18(28)25-15(17(27)23-3)10-7-11-24-21(22)31/h4-6,8-9,13,15-16H,7,10-12H2,1-3H3,(H,23,27)(H,25,28)(H,26,29)(H3,22,24,31)/t15-,16-/m0/s1. The SMILES string of the molecule is CNC(=O)[C@H](CCCNC(N)=O)NC(=O)[C@@H](NC(=O)C(=O)OCc1ccccc1)C(C)C. The number of primary amides is 1. The summed E-state index contributed by atoms with van der Waals surface area (Å²) in [6.07, 6.45) is 0.607. The van der Waals surface area contributed by atoms with Crippen LogP contribution in [-0.4, -0.2) is 55.4 Å². The number of ether oxygens (including phenoxy) is 1. The summed E-state index contributed by atoms with van der Waals surface area (Å²) in [5.74, 6) is -3.61. The highest BCUT2D eigenvalue weighted by atomic mass is 16.5. The molecule has 1 aromatic rings. The van der Waals surface area contributed by atoms with E-state index in [9.17, 15) is 24.0 Å². The van der Waals surface area contributed by atoms with Crippen LogP contribution in [0.4, 0.5) is 4.79 Å². The average molecular weight is 450 g/mol. The fourth-order valence-corrected chi connectivity index (χ4v) is 2.75. The van der Waals surface area contributed by atoms with E-state index in [1.807, 2.05) is 6.07 Å². The largest absolute Gasteiger partial charge is 0.454 e. The lowest BCUT2D eigenvalue weighted by molar-refractivity contribution is -0.156. The fraction of sp³-hybridized carbons (Fsp3) is 0.476. The minimum Gasteiger partial charge on any atom is -0.454 e. The molecule has 0 aliphatic heterocycles. The molecule has 0 fully saturated rings. The Morgan fingerprint density at radius 3 is 2.22 bits per heavy atom. The molecule has 2 atom stereocenters. The number of amides is 5. The van der Waals surface area contributed by atoms with E-state index in [1.165, 1.54) is 7.05 Å². The summed E-state index contributed by atoms with van der Waals surface area (Å²) in [5, 5.41) is 9.80. The number of rotatable bonds is 11. The molecule has 1 rings (SSSR count). The van der Waals surface area contributed by atoms with Gasteiger partial charge in [0.25, 0.3) is 0 Å². The normalized spacial score (nSPS) is 12.2. The summed E-state index contributed by atoms with van der Waals surface area (Å²) in [5.41, 5.74) is 5.71. The van der Waals surface area contributed by atoms with Crippen molar-refractivity contribution in [3.63, 3.8) is 0 Å². The second-order valence-corrected chi connectivity index (χ2v) is 7.37. The predicted molar refractivity (Wildman–Crippen MR) is 116 cm³/mol. The Morgan fingerprint density at radius 1 is 1.00 bits per heavy atom. The maximum atomic E-state index is 12.7. The van der Waals surface area contributed by atoms with Crippen molar-refractivity contribution in [1.82, 2.24) is 21.3 Å². The minimum absolute atomic E-state index is 0.0796. The van der Waals surface area contributed by atoms with Gasteiger partial charge in [0, 0.05) is 13.6 Å². The van der Waals surface area contributed by atoms with Crippen LogP contribution in [0.3, 0.4) is 0 Å². The molecule has 0 aromatic heterocycles. The first kappa shape index (κ1) is 26.4. The first-order valence-corrected chi connectivity index (χ1v) is 10.2. The molecule has 176 valence electrons. The van der Waals surface area contributed by atoms with E-state index in [1.54, 1.807) is 38.1 Å². The van der Waals surface area contributed by atoms with Gasteiger partial charge in [0.1, 0.15) is 18.7 Å². The molecular weight excluding hydrogens is 418 g/mol. The zero-order valence-corrected chi connectivity index (χ0v) is 18.5. The topological polar surface area (TPSA) is 169 Å². The number of likely N-dealkylation sites (N-methyl/N-ethyl adjacent to an activating group) is 1. The Balaban J connectivity index is 2.68. The van der Waals surface area contributed by atoms with E-state index in [0.29, 0.717) is 12.0 Å². The van der Waals surface area contributed by atoms with Crippen molar-refractivity contribution in [3.8, 4) is 0 Å². The van der Waals surface area contributed by atoms with Gasteiger partial charge in [-0.1, -0.05) is 44.2 Å². The van der Waals surface area contributed by atoms with Crippen LogP contribution in [0.2, 0.25) is 0 Å². The van der Waals surface area contributed by atoms with Crippen LogP contribution in [0.1, 0.15) is 32.3 Å². The van der Waals surface area contributed by atoms with Crippen LogP contribution in [0.25, 0.3) is 0 Å². The molecule has 11 nitrogen and oxygen atoms in total. The van der Waals surface area contributed by atoms with Crippen LogP contribution < -0.4 is 27.0 Å². The van der Waals surface area contributed by atoms with Gasteiger partial charge in [-0.05, 0) is 24.3 Å². The number of carbonyl (C=O) groups is 5. The van der Waals surface area contributed by atoms with Gasteiger partial charge in [0.2, 0.25) is 11.8 Å². The molecule has 0 bridgehead atoms. The molecule has 6 N–H and O–H groups in total. The van der Waals surface area contributed by atoms with Crippen LogP contribution >= 0.6 is 0 Å². The Hall–Kier alpha value is -3.63. The molecule has 11 heteroatoms. The lowest BCUT2D eigenvalue weighted by atomic mass is 10.0. The maximum absolute atomic E-state index is 12.7. The lowest BCUT2D eigenvalue weighted by Crippen LogP contribution is -2.56. The van der Waals surface area contributed by atoms with Crippen molar-refractivity contribution < 1.29 is 28.7 Å². The van der Waals surface area contributed by atoms with Gasteiger partial charge in [-0.3, -0.25) is 14.4 Å². The summed E-state index contributed by atoms with van der Waals surface area (Å²) < 4.78 is 4.98. The molecule has 0 saturated carbocycles. The summed E-state index contributed by atoms with van der Waals surface area (Å²) in [7, 11) is 1.42. The first-order chi connectivity index (χ1) is 15.1. The van der Waals surface area contributed by atoms with Crippen LogP contribution in [0, 0.1) is 5.92 Å². The number of carbonyl (C=O) groups excluding carboxylic acids is 5. The Kier molecular flexibility index (Phi) is 11.2. The molecular formula is C21H31N5O6. The van der Waals surface area contributed by atoms with E-state index < -0.39 is 41.8 Å². The highest BCUT2D eigenvalue weighted by Gasteiger charge is 2.30. The number of nitrogens with one attached hydrogen (secondary N) is 4. The van der Waals surface area contributed by atoms with E-state index in [4.69, 9.17) is 10.5 Å². The second kappa shape index (κ2) is 13.6. The molecule has 0 aliphatic rings. The molecule has 0 spiro atoms. The van der Waals surface area contributed by atoms with Gasteiger partial charge in [0.15, 0.2) is 0 Å². The van der Waals surface area contributed by atoms with Crippen molar-refractivity contribution in [2.24, 2.45) is 11.7 Å². The molecule has 1 aromatic carbocycles. The number of esters is 1. The molecule has 0 aliphatic carbocycles. The third-order valence-corrected chi connectivity index (χ3v) is 4.48. The van der Waals surface area contributed by atoms with Gasteiger partial charge < -0.3 is 31.7 Å². The van der Waals surface area contributed by atoms with Gasteiger partial charge in [0.05, 0.1) is 0 Å². The van der Waals surface area contributed by atoms with Crippen molar-refractivity contribution in [3.05, 3.63) is 35.9 Å². The quantitative estimate of drug-likeness (QED) is 0.174. The molecule has 5 amide bonds. The Bertz CT molecular complexity index is 799. The summed E-state index contributed by atoms with van der Waals surface area (Å²) >= 11 is 0. The van der Waals surface area contributed by atoms with Gasteiger partial charge in [-0.25, -0.2) is 9.59 Å². The Labute approximate surface area is 186 Å². The third kappa shape index (κ3) is 9.45. The monoisotopic (exact) mass is 449 g/mol. The zero-order chi connectivity index (χ0) is 24.1. The summed E-state index contributed by atoms with van der Waals surface area (Å²) in [6.45, 7) is 3.52. The van der Waals surface area contributed by atoms with Gasteiger partial charge >= 0.3 is 17.9 Å². The van der Waals surface area contributed by atoms with E-state index >= 15 is 0 Å². The lowest BCUT2D eigenvalue weighted by Gasteiger charge is -2.24. The summed E-state index contributed by atoms with van der Waals surface area (Å²) in [4.78, 5) is 59.9. The summed E-state index contributed by atoms with van der Waals surface area (Å²) in [6, 6.07) is 6.19. The van der Waals surface area contributed by atoms with Crippen molar-refractivity contribution in [2.75, 3.05) is 13.6 Å². The van der Waals surface area contributed by atoms with Crippen LogP contribution in [0.5, 0.6) is 0 Å². The molecule has 0 unspecified atom stereocenters. The molecule has 0 saturated heterocycles. The van der Waals surface area contributed by atoms with Crippen LogP contribution in [-0.2, 0) is 30.5 Å². The minimum atomic E-state index is -1.12. The second-order valence-electron chi connectivity index (χ2n) is 7.37. The number of hydrogen-bond donors (Lipinski definition) is 5. The maximum Gasteiger partial charge on any atom is 0.397 e. The van der Waals surface area contributed by atoms with Crippen molar-refractivity contribution in [1.29, 1.82) is 0 Å². The average Bonchev–Trinajstić information content (AvgIpc) is 2.77. The zero-order valence-electron chi connectivity index (χ0n) is 18.5. The highest BCUT2D eigenvalue weighted by molar-refractivity contribution is 6.32. The number of benzene rings is 1. The first-order valence-electron chi connectivity index (χ1n) is 10.2. The number of hydrogen-bond acceptors (Lipinski definition) is 6. The third-order valence-electron chi connectivity index (χ3n) is 4.48. The van der Waals surface area contributed by atoms with E-state index in [0.717, 1.165) is 0 Å². The van der Waals surface area contributed by atoms with Crippen LogP contribution in [0.15, 0.2) is 30.3 Å². The molecule has 0 heterocycles. The molecule has 32 heavy (non-hydrogen) atoms. The Morgan fingerprint density at radius 2 is 1.66 bits per heavy atom. The van der Waals surface area contributed by atoms with Gasteiger partial charge in [-0.15, -0.1) is 0 Å².